The Morgan fingerprint density at radius 2 is 1.95 bits per heavy atom. The van der Waals surface area contributed by atoms with Crippen LogP contribution in [0.4, 0.5) is 0 Å². The second-order valence-corrected chi connectivity index (χ2v) is 4.93. The maximum absolute atomic E-state index is 7.85. The van der Waals surface area contributed by atoms with E-state index in [1.807, 2.05) is 35.0 Å². The molecule has 2 rings (SSSR count). The SMILES string of the molecule is CCc1cc(CC)n(CC(C(=N)N)c2ccccc2)n1. The van der Waals surface area contributed by atoms with E-state index in [9.17, 15) is 0 Å². The molecule has 4 heteroatoms. The van der Waals surface area contributed by atoms with Crippen LogP contribution in [0, 0.1) is 5.41 Å². The summed E-state index contributed by atoms with van der Waals surface area (Å²) in [5.74, 6) is 0.0675. The number of nitrogens with one attached hydrogen (secondary N) is 1. The van der Waals surface area contributed by atoms with Crippen LogP contribution < -0.4 is 5.73 Å². The van der Waals surface area contributed by atoms with Gasteiger partial charge in [0.2, 0.25) is 0 Å². The van der Waals surface area contributed by atoms with Gasteiger partial charge in [-0.25, -0.2) is 0 Å². The lowest BCUT2D eigenvalue weighted by atomic mass is 9.98. The molecule has 0 aliphatic carbocycles. The summed E-state index contributed by atoms with van der Waals surface area (Å²) in [7, 11) is 0. The van der Waals surface area contributed by atoms with Gasteiger partial charge in [0.15, 0.2) is 0 Å². The Balaban J connectivity index is 2.29. The normalized spacial score (nSPS) is 12.3. The fraction of sp³-hybridized carbons (Fsp3) is 0.375. The van der Waals surface area contributed by atoms with Crippen LogP contribution in [0.5, 0.6) is 0 Å². The van der Waals surface area contributed by atoms with Crippen molar-refractivity contribution < 1.29 is 0 Å². The molecule has 20 heavy (non-hydrogen) atoms. The van der Waals surface area contributed by atoms with Crippen molar-refractivity contribution in [3.63, 3.8) is 0 Å². The number of nitrogens with two attached hydrogens (primary N) is 1. The highest BCUT2D eigenvalue weighted by Gasteiger charge is 2.17. The molecule has 3 N–H and O–H groups in total. The largest absolute Gasteiger partial charge is 0.387 e. The topological polar surface area (TPSA) is 67.7 Å². The summed E-state index contributed by atoms with van der Waals surface area (Å²) >= 11 is 0. The fourth-order valence-electron chi connectivity index (χ4n) is 2.37. The number of rotatable bonds is 6. The Hall–Kier alpha value is -2.10. The molecule has 0 aliphatic rings. The Morgan fingerprint density at radius 1 is 1.25 bits per heavy atom. The van der Waals surface area contributed by atoms with E-state index >= 15 is 0 Å². The summed E-state index contributed by atoms with van der Waals surface area (Å²) in [4.78, 5) is 0. The number of benzene rings is 1. The predicted octanol–water partition coefficient (Wildman–Crippen LogP) is 2.73. The third kappa shape index (κ3) is 3.07. The molecule has 1 unspecified atom stereocenters. The van der Waals surface area contributed by atoms with Gasteiger partial charge in [-0.1, -0.05) is 44.2 Å². The van der Waals surface area contributed by atoms with Crippen LogP contribution in [-0.2, 0) is 19.4 Å². The molecule has 0 fully saturated rings. The van der Waals surface area contributed by atoms with Gasteiger partial charge in [-0.3, -0.25) is 10.1 Å². The number of amidine groups is 1. The first-order valence-electron chi connectivity index (χ1n) is 7.10. The van der Waals surface area contributed by atoms with E-state index in [1.165, 1.54) is 5.69 Å². The summed E-state index contributed by atoms with van der Waals surface area (Å²) in [6, 6.07) is 12.1. The van der Waals surface area contributed by atoms with Crippen molar-refractivity contribution >= 4 is 5.84 Å². The van der Waals surface area contributed by atoms with Crippen molar-refractivity contribution in [1.29, 1.82) is 5.41 Å². The number of aryl methyl sites for hydroxylation is 2. The third-order valence-corrected chi connectivity index (χ3v) is 3.57. The Labute approximate surface area is 120 Å². The molecule has 1 atom stereocenters. The zero-order valence-electron chi connectivity index (χ0n) is 12.1. The maximum atomic E-state index is 7.85. The van der Waals surface area contributed by atoms with Gasteiger partial charge in [-0.2, -0.15) is 5.10 Å². The lowest BCUT2D eigenvalue weighted by Crippen LogP contribution is -2.26. The molecule has 1 aromatic carbocycles. The van der Waals surface area contributed by atoms with E-state index in [0.717, 1.165) is 24.1 Å². The first-order valence-corrected chi connectivity index (χ1v) is 7.10. The molecule has 0 spiro atoms. The van der Waals surface area contributed by atoms with Gasteiger partial charge in [0, 0.05) is 5.69 Å². The van der Waals surface area contributed by atoms with Gasteiger partial charge < -0.3 is 5.73 Å². The summed E-state index contributed by atoms with van der Waals surface area (Å²) < 4.78 is 2.00. The Bertz CT molecular complexity index is 571. The van der Waals surface area contributed by atoms with Gasteiger partial charge >= 0.3 is 0 Å². The van der Waals surface area contributed by atoms with E-state index < -0.39 is 0 Å². The molecule has 1 heterocycles. The van der Waals surface area contributed by atoms with E-state index in [1.54, 1.807) is 0 Å². The molecular formula is C16H22N4. The highest BCUT2D eigenvalue weighted by atomic mass is 15.3. The van der Waals surface area contributed by atoms with Crippen molar-refractivity contribution in [3.05, 3.63) is 53.3 Å². The predicted molar refractivity (Wildman–Crippen MR) is 82.1 cm³/mol. The van der Waals surface area contributed by atoms with Crippen LogP contribution in [-0.4, -0.2) is 15.6 Å². The van der Waals surface area contributed by atoms with Crippen molar-refractivity contribution in [3.8, 4) is 0 Å². The van der Waals surface area contributed by atoms with E-state index in [2.05, 4.69) is 25.0 Å². The smallest absolute Gasteiger partial charge is 0.100 e. The van der Waals surface area contributed by atoms with Gasteiger partial charge in [0.05, 0.1) is 18.2 Å². The van der Waals surface area contributed by atoms with Crippen molar-refractivity contribution in [1.82, 2.24) is 9.78 Å². The van der Waals surface area contributed by atoms with Crippen LogP contribution in [0.2, 0.25) is 0 Å². The number of nitrogens with zero attached hydrogens (tertiary/aromatic N) is 2. The number of hydrogen-bond acceptors (Lipinski definition) is 2. The van der Waals surface area contributed by atoms with Crippen LogP contribution >= 0.6 is 0 Å². The van der Waals surface area contributed by atoms with Crippen LogP contribution in [0.15, 0.2) is 36.4 Å². The van der Waals surface area contributed by atoms with Gasteiger partial charge in [0.1, 0.15) is 5.84 Å². The second kappa shape index (κ2) is 6.37. The molecule has 4 nitrogen and oxygen atoms in total. The molecule has 0 bridgehead atoms. The Morgan fingerprint density at radius 3 is 2.50 bits per heavy atom. The minimum absolute atomic E-state index is 0.119. The van der Waals surface area contributed by atoms with Gasteiger partial charge in [0.25, 0.3) is 0 Å². The third-order valence-electron chi connectivity index (χ3n) is 3.57. The first kappa shape index (κ1) is 14.3. The van der Waals surface area contributed by atoms with Crippen molar-refractivity contribution in [2.75, 3.05) is 0 Å². The Kier molecular flexibility index (Phi) is 4.56. The molecule has 2 aromatic rings. The van der Waals surface area contributed by atoms with Gasteiger partial charge in [-0.15, -0.1) is 0 Å². The van der Waals surface area contributed by atoms with Crippen LogP contribution in [0.3, 0.4) is 0 Å². The molecule has 0 saturated carbocycles. The quantitative estimate of drug-likeness (QED) is 0.626. The molecule has 0 radical (unpaired) electrons. The fourth-order valence-corrected chi connectivity index (χ4v) is 2.37. The van der Waals surface area contributed by atoms with Crippen LogP contribution in [0.25, 0.3) is 0 Å². The zero-order chi connectivity index (χ0) is 14.5. The lowest BCUT2D eigenvalue weighted by Gasteiger charge is -2.17. The van der Waals surface area contributed by atoms with Crippen molar-refractivity contribution in [2.45, 2.75) is 39.2 Å². The lowest BCUT2D eigenvalue weighted by molar-refractivity contribution is 0.557. The summed E-state index contributed by atoms with van der Waals surface area (Å²) in [5.41, 5.74) is 9.15. The second-order valence-electron chi connectivity index (χ2n) is 4.93. The van der Waals surface area contributed by atoms with E-state index in [4.69, 9.17) is 11.1 Å². The van der Waals surface area contributed by atoms with E-state index in [0.29, 0.717) is 6.54 Å². The standard InChI is InChI=1S/C16H22N4/c1-3-13-10-14(4-2)20(19-13)11-15(16(17)18)12-8-6-5-7-9-12/h5-10,15H,3-4,11H2,1-2H3,(H3,17,18). The minimum Gasteiger partial charge on any atom is -0.387 e. The molecule has 1 aromatic heterocycles. The van der Waals surface area contributed by atoms with Gasteiger partial charge in [-0.05, 0) is 24.5 Å². The average molecular weight is 270 g/mol. The number of hydrogen-bond donors (Lipinski definition) is 2. The highest BCUT2D eigenvalue weighted by molar-refractivity contribution is 5.84. The average Bonchev–Trinajstić information content (AvgIpc) is 2.87. The zero-order valence-corrected chi connectivity index (χ0v) is 12.1. The van der Waals surface area contributed by atoms with E-state index in [-0.39, 0.29) is 11.8 Å². The maximum Gasteiger partial charge on any atom is 0.100 e. The minimum atomic E-state index is -0.119. The monoisotopic (exact) mass is 270 g/mol. The molecule has 0 aliphatic heterocycles. The first-order chi connectivity index (χ1) is 9.65. The molecule has 0 saturated heterocycles. The highest BCUT2D eigenvalue weighted by Crippen LogP contribution is 2.19. The molecular weight excluding hydrogens is 248 g/mol. The molecule has 0 amide bonds. The van der Waals surface area contributed by atoms with Crippen LogP contribution in [0.1, 0.15) is 36.7 Å². The summed E-state index contributed by atoms with van der Waals surface area (Å²) in [6.45, 7) is 4.85. The van der Waals surface area contributed by atoms with Crippen molar-refractivity contribution in [2.24, 2.45) is 5.73 Å². The summed E-state index contributed by atoms with van der Waals surface area (Å²) in [6.07, 6.45) is 1.86. The summed E-state index contributed by atoms with van der Waals surface area (Å²) in [5, 5.41) is 12.5. The number of aromatic nitrogens is 2. The molecule has 106 valence electrons.